The maximum Gasteiger partial charge on any atom is 0.142 e. The number of hydrogen-bond acceptors (Lipinski definition) is 4. The number of piperazine rings is 1. The summed E-state index contributed by atoms with van der Waals surface area (Å²) in [6.07, 6.45) is 1.04. The number of rotatable bonds is 5. The minimum atomic E-state index is 0.639. The summed E-state index contributed by atoms with van der Waals surface area (Å²) in [5.41, 5.74) is 6.56. The highest BCUT2D eigenvalue weighted by atomic mass is 16.5. The van der Waals surface area contributed by atoms with E-state index in [-0.39, 0.29) is 0 Å². The summed E-state index contributed by atoms with van der Waals surface area (Å²) < 4.78 is 5.72. The molecule has 0 aromatic heterocycles. The average molecular weight is 263 g/mol. The number of hydrogen-bond donors (Lipinski definition) is 1. The van der Waals surface area contributed by atoms with Crippen LogP contribution in [0.2, 0.25) is 0 Å². The van der Waals surface area contributed by atoms with Crippen LogP contribution in [0.3, 0.4) is 0 Å². The largest absolute Gasteiger partial charge is 0.491 e. The van der Waals surface area contributed by atoms with Crippen molar-refractivity contribution < 1.29 is 4.74 Å². The van der Waals surface area contributed by atoms with Crippen LogP contribution in [0.25, 0.3) is 0 Å². The number of benzene rings is 1. The van der Waals surface area contributed by atoms with E-state index in [2.05, 4.69) is 23.8 Å². The van der Waals surface area contributed by atoms with Gasteiger partial charge in [0.05, 0.1) is 12.3 Å². The SMILES string of the molecule is CC1CN(C)CCN1CCCOc1ccccc1N. The van der Waals surface area contributed by atoms with Gasteiger partial charge in [0.15, 0.2) is 0 Å². The molecule has 0 amide bonds. The molecule has 2 N–H and O–H groups in total. The highest BCUT2D eigenvalue weighted by Crippen LogP contribution is 2.19. The highest BCUT2D eigenvalue weighted by Gasteiger charge is 2.20. The molecule has 2 rings (SSSR count). The van der Waals surface area contributed by atoms with Crippen molar-refractivity contribution in [3.8, 4) is 5.75 Å². The van der Waals surface area contributed by atoms with Gasteiger partial charge in [-0.25, -0.2) is 0 Å². The Morgan fingerprint density at radius 2 is 2.11 bits per heavy atom. The van der Waals surface area contributed by atoms with Gasteiger partial charge in [-0.05, 0) is 32.5 Å². The van der Waals surface area contributed by atoms with Gasteiger partial charge in [-0.3, -0.25) is 4.90 Å². The Bertz CT molecular complexity index is 397. The number of likely N-dealkylation sites (N-methyl/N-ethyl adjacent to an activating group) is 1. The van der Waals surface area contributed by atoms with Gasteiger partial charge in [0.1, 0.15) is 5.75 Å². The van der Waals surface area contributed by atoms with Crippen molar-refractivity contribution in [3.63, 3.8) is 0 Å². The first-order valence-electron chi connectivity index (χ1n) is 7.06. The first-order chi connectivity index (χ1) is 9.16. The van der Waals surface area contributed by atoms with Gasteiger partial charge in [-0.1, -0.05) is 12.1 Å². The van der Waals surface area contributed by atoms with Gasteiger partial charge >= 0.3 is 0 Å². The van der Waals surface area contributed by atoms with E-state index in [1.165, 1.54) is 0 Å². The Morgan fingerprint density at radius 3 is 2.84 bits per heavy atom. The molecular formula is C15H25N3O. The second-order valence-electron chi connectivity index (χ2n) is 5.39. The third-order valence-electron chi connectivity index (χ3n) is 3.73. The lowest BCUT2D eigenvalue weighted by molar-refractivity contribution is 0.0946. The van der Waals surface area contributed by atoms with E-state index in [1.54, 1.807) is 0 Å². The van der Waals surface area contributed by atoms with Crippen LogP contribution < -0.4 is 10.5 Å². The minimum absolute atomic E-state index is 0.639. The second kappa shape index (κ2) is 6.78. The Balaban J connectivity index is 1.68. The van der Waals surface area contributed by atoms with E-state index in [9.17, 15) is 0 Å². The van der Waals surface area contributed by atoms with E-state index in [1.807, 2.05) is 24.3 Å². The fourth-order valence-electron chi connectivity index (χ4n) is 2.57. The minimum Gasteiger partial charge on any atom is -0.491 e. The lowest BCUT2D eigenvalue weighted by atomic mass is 10.2. The Kier molecular flexibility index (Phi) is 5.05. The van der Waals surface area contributed by atoms with Gasteiger partial charge in [-0.2, -0.15) is 0 Å². The van der Waals surface area contributed by atoms with Crippen molar-refractivity contribution in [1.82, 2.24) is 9.80 Å². The molecule has 0 saturated carbocycles. The van der Waals surface area contributed by atoms with E-state index in [0.717, 1.165) is 50.6 Å². The Hall–Kier alpha value is -1.26. The maximum absolute atomic E-state index is 5.84. The van der Waals surface area contributed by atoms with Crippen molar-refractivity contribution in [3.05, 3.63) is 24.3 Å². The fourth-order valence-corrected chi connectivity index (χ4v) is 2.57. The predicted octanol–water partition coefficient (Wildman–Crippen LogP) is 1.67. The number of ether oxygens (including phenoxy) is 1. The van der Waals surface area contributed by atoms with Crippen molar-refractivity contribution in [2.24, 2.45) is 0 Å². The molecule has 0 radical (unpaired) electrons. The molecule has 1 aromatic carbocycles. The topological polar surface area (TPSA) is 41.7 Å². The zero-order valence-corrected chi connectivity index (χ0v) is 12.0. The summed E-state index contributed by atoms with van der Waals surface area (Å²) in [4.78, 5) is 4.93. The second-order valence-corrected chi connectivity index (χ2v) is 5.39. The normalized spacial score (nSPS) is 21.5. The molecule has 1 aliphatic rings. The molecule has 4 heteroatoms. The lowest BCUT2D eigenvalue weighted by Crippen LogP contribution is -2.50. The van der Waals surface area contributed by atoms with Crippen LogP contribution in [-0.2, 0) is 0 Å². The molecule has 1 aliphatic heterocycles. The summed E-state index contributed by atoms with van der Waals surface area (Å²) in [6.45, 7) is 7.61. The summed E-state index contributed by atoms with van der Waals surface area (Å²) in [5, 5.41) is 0. The average Bonchev–Trinajstić information content (AvgIpc) is 2.38. The number of anilines is 1. The standard InChI is InChI=1S/C15H25N3O/c1-13-12-17(2)9-10-18(13)8-5-11-19-15-7-4-3-6-14(15)16/h3-4,6-7,13H,5,8-12,16H2,1-2H3. The van der Waals surface area contributed by atoms with Gasteiger partial charge in [0.2, 0.25) is 0 Å². The number of nitrogens with two attached hydrogens (primary N) is 1. The molecular weight excluding hydrogens is 238 g/mol. The van der Waals surface area contributed by atoms with Crippen LogP contribution in [0.4, 0.5) is 5.69 Å². The summed E-state index contributed by atoms with van der Waals surface area (Å²) in [7, 11) is 2.19. The monoisotopic (exact) mass is 263 g/mol. The third-order valence-corrected chi connectivity index (χ3v) is 3.73. The summed E-state index contributed by atoms with van der Waals surface area (Å²) >= 11 is 0. The first-order valence-corrected chi connectivity index (χ1v) is 7.06. The van der Waals surface area contributed by atoms with Crippen LogP contribution in [0.5, 0.6) is 5.75 Å². The van der Waals surface area contributed by atoms with Crippen molar-refractivity contribution in [1.29, 1.82) is 0 Å². The van der Waals surface area contributed by atoms with Gasteiger partial charge in [0, 0.05) is 32.2 Å². The molecule has 1 fully saturated rings. The molecule has 4 nitrogen and oxygen atoms in total. The maximum atomic E-state index is 5.84. The zero-order chi connectivity index (χ0) is 13.7. The summed E-state index contributed by atoms with van der Waals surface area (Å²) in [6, 6.07) is 8.31. The molecule has 19 heavy (non-hydrogen) atoms. The predicted molar refractivity (Wildman–Crippen MR) is 79.5 cm³/mol. The zero-order valence-electron chi connectivity index (χ0n) is 12.0. The van der Waals surface area contributed by atoms with E-state index >= 15 is 0 Å². The molecule has 0 spiro atoms. The smallest absolute Gasteiger partial charge is 0.142 e. The highest BCUT2D eigenvalue weighted by molar-refractivity contribution is 5.51. The molecule has 1 saturated heterocycles. The molecule has 0 bridgehead atoms. The quantitative estimate of drug-likeness (QED) is 0.648. The van der Waals surface area contributed by atoms with E-state index in [4.69, 9.17) is 10.5 Å². The van der Waals surface area contributed by atoms with Crippen LogP contribution >= 0.6 is 0 Å². The van der Waals surface area contributed by atoms with Gasteiger partial charge in [0.25, 0.3) is 0 Å². The molecule has 1 unspecified atom stereocenters. The fraction of sp³-hybridized carbons (Fsp3) is 0.600. The Morgan fingerprint density at radius 1 is 1.32 bits per heavy atom. The van der Waals surface area contributed by atoms with Crippen LogP contribution in [0.15, 0.2) is 24.3 Å². The molecule has 1 atom stereocenters. The molecule has 1 aromatic rings. The molecule has 106 valence electrons. The van der Waals surface area contributed by atoms with Gasteiger partial charge in [-0.15, -0.1) is 0 Å². The first kappa shape index (κ1) is 14.2. The van der Waals surface area contributed by atoms with Crippen LogP contribution in [-0.4, -0.2) is 55.7 Å². The van der Waals surface area contributed by atoms with Gasteiger partial charge < -0.3 is 15.4 Å². The molecule has 1 heterocycles. The van der Waals surface area contributed by atoms with Crippen LogP contribution in [0.1, 0.15) is 13.3 Å². The summed E-state index contributed by atoms with van der Waals surface area (Å²) in [5.74, 6) is 0.800. The number of nitrogen functional groups attached to an aromatic ring is 1. The number of para-hydroxylation sites is 2. The Labute approximate surface area is 116 Å². The van der Waals surface area contributed by atoms with E-state index in [0.29, 0.717) is 6.04 Å². The van der Waals surface area contributed by atoms with E-state index < -0.39 is 0 Å². The van der Waals surface area contributed by atoms with Crippen molar-refractivity contribution in [2.45, 2.75) is 19.4 Å². The third kappa shape index (κ3) is 4.11. The lowest BCUT2D eigenvalue weighted by Gasteiger charge is -2.38. The molecule has 0 aliphatic carbocycles. The number of nitrogens with zero attached hydrogens (tertiary/aromatic N) is 2. The van der Waals surface area contributed by atoms with Crippen molar-refractivity contribution in [2.75, 3.05) is 45.6 Å². The van der Waals surface area contributed by atoms with Crippen molar-refractivity contribution >= 4 is 5.69 Å². The van der Waals surface area contributed by atoms with Crippen LogP contribution in [0, 0.1) is 0 Å².